The van der Waals surface area contributed by atoms with E-state index in [0.717, 1.165) is 5.56 Å². The summed E-state index contributed by atoms with van der Waals surface area (Å²) >= 11 is 1.59. The Kier molecular flexibility index (Phi) is 3.86. The molecule has 0 aromatic heterocycles. The van der Waals surface area contributed by atoms with Crippen molar-refractivity contribution in [3.05, 3.63) is 35.4 Å². The van der Waals surface area contributed by atoms with Crippen LogP contribution in [0.25, 0.3) is 0 Å². The smallest absolute Gasteiger partial charge is 0.305 e. The minimum Gasteiger partial charge on any atom is -0.481 e. The molecule has 24 heavy (non-hydrogen) atoms. The van der Waals surface area contributed by atoms with E-state index in [0.29, 0.717) is 5.56 Å². The van der Waals surface area contributed by atoms with Crippen LogP contribution in [0.5, 0.6) is 0 Å². The zero-order valence-electron chi connectivity index (χ0n) is 13.8. The number of aliphatic carboxylic acids is 1. The zero-order valence-corrected chi connectivity index (χ0v) is 14.6. The van der Waals surface area contributed by atoms with Gasteiger partial charge in [-0.05, 0) is 32.4 Å². The number of nitrogens with zero attached hydrogens (tertiary/aromatic N) is 1. The van der Waals surface area contributed by atoms with Crippen LogP contribution in [0.2, 0.25) is 0 Å². The Morgan fingerprint density at radius 1 is 1.29 bits per heavy atom. The third kappa shape index (κ3) is 2.22. The van der Waals surface area contributed by atoms with Gasteiger partial charge in [-0.25, -0.2) is 0 Å². The predicted molar refractivity (Wildman–Crippen MR) is 90.7 cm³/mol. The molecular formula is C17H20N2O4S. The van der Waals surface area contributed by atoms with Crippen molar-refractivity contribution in [3.8, 4) is 0 Å². The number of carboxylic acid groups (broad SMARTS) is 1. The van der Waals surface area contributed by atoms with E-state index in [1.165, 1.54) is 0 Å². The van der Waals surface area contributed by atoms with Crippen molar-refractivity contribution in [2.75, 3.05) is 6.54 Å². The van der Waals surface area contributed by atoms with Gasteiger partial charge >= 0.3 is 5.97 Å². The molecule has 2 atom stereocenters. The molecule has 0 bridgehead atoms. The Hall–Kier alpha value is -2.02. The number of benzene rings is 1. The van der Waals surface area contributed by atoms with E-state index in [2.05, 4.69) is 5.32 Å². The van der Waals surface area contributed by atoms with Crippen molar-refractivity contribution in [1.29, 1.82) is 0 Å². The lowest BCUT2D eigenvalue weighted by atomic mass is 9.84. The van der Waals surface area contributed by atoms with Gasteiger partial charge in [-0.1, -0.05) is 18.2 Å². The molecule has 1 aromatic carbocycles. The van der Waals surface area contributed by atoms with Crippen molar-refractivity contribution in [3.63, 3.8) is 0 Å². The first-order valence-electron chi connectivity index (χ1n) is 7.80. The maximum Gasteiger partial charge on any atom is 0.305 e. The lowest BCUT2D eigenvalue weighted by Crippen LogP contribution is -2.63. The Labute approximate surface area is 144 Å². The lowest BCUT2D eigenvalue weighted by Gasteiger charge is -2.40. The summed E-state index contributed by atoms with van der Waals surface area (Å²) in [7, 11) is 0. The average molecular weight is 348 g/mol. The third-order valence-electron chi connectivity index (χ3n) is 5.04. The van der Waals surface area contributed by atoms with E-state index in [-0.39, 0.29) is 30.2 Å². The zero-order chi connectivity index (χ0) is 17.7. The van der Waals surface area contributed by atoms with Gasteiger partial charge in [-0.3, -0.25) is 14.4 Å². The average Bonchev–Trinajstić information content (AvgIpc) is 2.90. The van der Waals surface area contributed by atoms with Crippen molar-refractivity contribution >= 4 is 29.5 Å². The SMILES string of the molecule is CC1(C)SC2c3ccccc3C(=O)N2[C@@]1(C)C(=O)NCCC(=O)O. The molecule has 1 aromatic rings. The first-order chi connectivity index (χ1) is 11.2. The minimum absolute atomic E-state index is 0.0458. The fraction of sp³-hybridized carbons (Fsp3) is 0.471. The second-order valence-corrected chi connectivity index (χ2v) is 8.42. The normalized spacial score (nSPS) is 26.9. The fourth-order valence-corrected chi connectivity index (χ4v) is 5.08. The Balaban J connectivity index is 1.94. The molecule has 6 nitrogen and oxygen atoms in total. The third-order valence-corrected chi connectivity index (χ3v) is 6.71. The van der Waals surface area contributed by atoms with Gasteiger partial charge in [0.15, 0.2) is 0 Å². The molecule has 3 rings (SSSR count). The maximum absolute atomic E-state index is 12.9. The minimum atomic E-state index is -1.06. The van der Waals surface area contributed by atoms with E-state index >= 15 is 0 Å². The Morgan fingerprint density at radius 3 is 2.62 bits per heavy atom. The van der Waals surface area contributed by atoms with Crippen molar-refractivity contribution < 1.29 is 19.5 Å². The number of hydrogen-bond acceptors (Lipinski definition) is 4. The molecule has 2 aliphatic rings. The maximum atomic E-state index is 12.9. The van der Waals surface area contributed by atoms with Crippen LogP contribution in [0.1, 0.15) is 48.5 Å². The molecule has 1 saturated heterocycles. The van der Waals surface area contributed by atoms with Gasteiger partial charge in [0, 0.05) is 16.9 Å². The van der Waals surface area contributed by atoms with Crippen LogP contribution >= 0.6 is 11.8 Å². The Bertz CT molecular complexity index is 733. The molecule has 2 heterocycles. The molecule has 0 saturated carbocycles. The van der Waals surface area contributed by atoms with E-state index in [1.807, 2.05) is 32.0 Å². The first-order valence-corrected chi connectivity index (χ1v) is 8.68. The largest absolute Gasteiger partial charge is 0.481 e. The standard InChI is InChI=1S/C17H20N2O4S/c1-16(2)17(3,15(23)18-9-8-12(20)21)19-13(22)10-6-4-5-7-11(10)14(19)24-16/h4-7,14H,8-9H2,1-3H3,(H,18,23)(H,20,21)/t14?,17-/m0/s1. The molecule has 2 aliphatic heterocycles. The summed E-state index contributed by atoms with van der Waals surface area (Å²) in [6, 6.07) is 7.42. The Morgan fingerprint density at radius 2 is 1.96 bits per heavy atom. The molecule has 2 N–H and O–H groups in total. The molecular weight excluding hydrogens is 328 g/mol. The van der Waals surface area contributed by atoms with Gasteiger partial charge < -0.3 is 15.3 Å². The summed E-state index contributed by atoms with van der Waals surface area (Å²) in [5, 5.41) is 11.2. The highest BCUT2D eigenvalue weighted by molar-refractivity contribution is 8.01. The van der Waals surface area contributed by atoms with Crippen molar-refractivity contribution in [2.24, 2.45) is 0 Å². The molecule has 0 aliphatic carbocycles. The second-order valence-electron chi connectivity index (χ2n) is 6.71. The number of carboxylic acids is 1. The summed E-state index contributed by atoms with van der Waals surface area (Å²) in [5.41, 5.74) is 0.509. The van der Waals surface area contributed by atoms with Crippen molar-refractivity contribution in [1.82, 2.24) is 10.2 Å². The van der Waals surface area contributed by atoms with Crippen LogP contribution < -0.4 is 5.32 Å². The number of rotatable bonds is 4. The van der Waals surface area contributed by atoms with Crippen LogP contribution in [0.15, 0.2) is 24.3 Å². The van der Waals surface area contributed by atoms with Gasteiger partial charge in [0.25, 0.3) is 5.91 Å². The number of fused-ring (bicyclic) bond motifs is 3. The summed E-state index contributed by atoms with van der Waals surface area (Å²) in [4.78, 5) is 38.1. The number of carbonyl (C=O) groups excluding carboxylic acids is 2. The number of amides is 2. The lowest BCUT2D eigenvalue weighted by molar-refractivity contribution is -0.137. The second kappa shape index (κ2) is 5.51. The molecule has 0 spiro atoms. The first kappa shape index (κ1) is 16.8. The molecule has 2 amide bonds. The summed E-state index contributed by atoms with van der Waals surface area (Å²) in [6.45, 7) is 5.70. The topological polar surface area (TPSA) is 86.7 Å². The van der Waals surface area contributed by atoms with Gasteiger partial charge in [0.2, 0.25) is 5.91 Å². The summed E-state index contributed by atoms with van der Waals surface area (Å²) in [5.74, 6) is -1.43. The van der Waals surface area contributed by atoms with Crippen LogP contribution in [-0.2, 0) is 9.59 Å². The summed E-state index contributed by atoms with van der Waals surface area (Å²) < 4.78 is -0.506. The highest BCUT2D eigenvalue weighted by atomic mass is 32.2. The van der Waals surface area contributed by atoms with E-state index < -0.39 is 16.3 Å². The summed E-state index contributed by atoms with van der Waals surface area (Å²) in [6.07, 6.45) is -0.146. The number of nitrogens with one attached hydrogen (secondary N) is 1. The molecule has 1 fully saturated rings. The van der Waals surface area contributed by atoms with Gasteiger partial charge in [0.1, 0.15) is 10.9 Å². The quantitative estimate of drug-likeness (QED) is 0.869. The number of carbonyl (C=O) groups is 3. The molecule has 128 valence electrons. The van der Waals surface area contributed by atoms with Gasteiger partial charge in [-0.2, -0.15) is 0 Å². The monoisotopic (exact) mass is 348 g/mol. The highest BCUT2D eigenvalue weighted by Gasteiger charge is 2.65. The van der Waals surface area contributed by atoms with Crippen LogP contribution in [0, 0.1) is 0 Å². The van der Waals surface area contributed by atoms with E-state index in [4.69, 9.17) is 5.11 Å². The van der Waals surface area contributed by atoms with Crippen LogP contribution in [0.3, 0.4) is 0 Å². The van der Waals surface area contributed by atoms with Crippen molar-refractivity contribution in [2.45, 2.75) is 42.9 Å². The molecule has 0 radical (unpaired) electrons. The highest BCUT2D eigenvalue weighted by Crippen LogP contribution is 2.61. The van der Waals surface area contributed by atoms with Gasteiger partial charge in [0.05, 0.1) is 6.42 Å². The predicted octanol–water partition coefficient (Wildman–Crippen LogP) is 2.02. The fourth-order valence-electron chi connectivity index (χ4n) is 3.36. The van der Waals surface area contributed by atoms with Gasteiger partial charge in [-0.15, -0.1) is 11.8 Å². The number of hydrogen-bond donors (Lipinski definition) is 2. The van der Waals surface area contributed by atoms with Crippen LogP contribution in [-0.4, -0.2) is 44.6 Å². The van der Waals surface area contributed by atoms with E-state index in [1.54, 1.807) is 29.7 Å². The van der Waals surface area contributed by atoms with E-state index in [9.17, 15) is 14.4 Å². The number of thioether (sulfide) groups is 1. The van der Waals surface area contributed by atoms with Crippen LogP contribution in [0.4, 0.5) is 0 Å². The molecule has 1 unspecified atom stereocenters. The molecule has 7 heteroatoms.